The molecule has 3 rings (SSSR count). The molecule has 43 heavy (non-hydrogen) atoms. The van der Waals surface area contributed by atoms with E-state index >= 15 is 0 Å². The van der Waals surface area contributed by atoms with Crippen LogP contribution in [-0.4, -0.2) is 90.0 Å². The third-order valence-electron chi connectivity index (χ3n) is 6.27. The highest BCUT2D eigenvalue weighted by molar-refractivity contribution is 6.02. The van der Waals surface area contributed by atoms with E-state index in [4.69, 9.17) is 34.2 Å². The van der Waals surface area contributed by atoms with Gasteiger partial charge in [0.25, 0.3) is 0 Å². The van der Waals surface area contributed by atoms with Crippen molar-refractivity contribution in [2.24, 2.45) is 15.7 Å². The van der Waals surface area contributed by atoms with E-state index in [9.17, 15) is 18.0 Å². The first-order valence-corrected chi connectivity index (χ1v) is 13.1. The lowest BCUT2D eigenvalue weighted by Gasteiger charge is -2.43. The number of nitrogens with two attached hydrogens (primary N) is 1. The zero-order chi connectivity index (χ0) is 31.6. The van der Waals surface area contributed by atoms with E-state index in [0.717, 1.165) is 12.1 Å². The van der Waals surface area contributed by atoms with Gasteiger partial charge in [-0.25, -0.2) is 14.8 Å². The van der Waals surface area contributed by atoms with Crippen LogP contribution >= 0.6 is 0 Å². The average Bonchev–Trinajstić information content (AvgIpc) is 2.96. The first-order chi connectivity index (χ1) is 20.5. The number of rotatable bonds is 12. The minimum Gasteiger partial charge on any atom is -0.416 e. The van der Waals surface area contributed by atoms with Crippen LogP contribution in [0.1, 0.15) is 19.4 Å². The highest BCUT2D eigenvalue weighted by Crippen LogP contribution is 2.29. The second kappa shape index (κ2) is 15.6. The Balaban J connectivity index is 1.69. The number of methoxy groups -OCH3 is 3. The number of hydrogen-bond donors (Lipinski definition) is 1. The molecule has 2 aromatic carbocycles. The molecule has 2 aromatic rings. The molecule has 236 valence electrons. The molecule has 0 radical (unpaired) electrons. The standard InChI is InChI=1S/C28H35F3N4O8/c1-6-40-23-22(38-4)17(2)41-26(24(23)39-5)42-27(36)35(16-37-3)20-11-7-18(8-12-20)25(32)34-15-33-19-9-13-21(14-10-19)43-28(29,30)31/h7-15,17,22-24,26H,6,16H2,1-5H3,(H2,32,33,34)/t17-,22?,23?,24+,26?/m0/s1. The molecule has 0 spiro atoms. The van der Waals surface area contributed by atoms with Crippen LogP contribution in [0.4, 0.5) is 29.3 Å². The van der Waals surface area contributed by atoms with Crippen molar-refractivity contribution < 1.29 is 51.1 Å². The van der Waals surface area contributed by atoms with Gasteiger partial charge in [-0.2, -0.15) is 0 Å². The Labute approximate surface area is 247 Å². The zero-order valence-electron chi connectivity index (χ0n) is 24.3. The number of nitrogens with zero attached hydrogens (tertiary/aromatic N) is 3. The topological polar surface area (TPSA) is 136 Å². The Morgan fingerprint density at radius 2 is 1.67 bits per heavy atom. The lowest BCUT2D eigenvalue weighted by atomic mass is 9.99. The molecule has 0 saturated carbocycles. The molecule has 0 bridgehead atoms. The van der Waals surface area contributed by atoms with E-state index in [1.54, 1.807) is 38.3 Å². The smallest absolute Gasteiger partial charge is 0.416 e. The van der Waals surface area contributed by atoms with Crippen LogP contribution in [0.25, 0.3) is 0 Å². The molecular weight excluding hydrogens is 577 g/mol. The summed E-state index contributed by atoms with van der Waals surface area (Å²) < 4.78 is 74.5. The fourth-order valence-electron chi connectivity index (χ4n) is 4.33. The summed E-state index contributed by atoms with van der Waals surface area (Å²) in [6, 6.07) is 11.4. The molecule has 1 amide bonds. The van der Waals surface area contributed by atoms with Crippen molar-refractivity contribution in [1.29, 1.82) is 0 Å². The number of aliphatic imine (C=N–C) groups is 2. The van der Waals surface area contributed by atoms with E-state index in [-0.39, 0.29) is 18.3 Å². The number of amides is 1. The Morgan fingerprint density at radius 3 is 2.23 bits per heavy atom. The summed E-state index contributed by atoms with van der Waals surface area (Å²) in [4.78, 5) is 22.6. The van der Waals surface area contributed by atoms with Gasteiger partial charge in [0, 0.05) is 39.2 Å². The maximum atomic E-state index is 13.3. The largest absolute Gasteiger partial charge is 0.573 e. The SMILES string of the molecule is CCOC1C(OC)[C@H](C)OC(OC(=O)N(COC)c2ccc(C(N)=NC=Nc3ccc(OC(F)(F)F)cc3)cc2)[C@@H]1OC. The number of alkyl halides is 3. The molecule has 1 aliphatic rings. The average molecular weight is 613 g/mol. The molecule has 1 saturated heterocycles. The van der Waals surface area contributed by atoms with Gasteiger partial charge in [-0.3, -0.25) is 4.90 Å². The number of anilines is 1. The highest BCUT2D eigenvalue weighted by atomic mass is 19.4. The van der Waals surface area contributed by atoms with Gasteiger partial charge in [0.1, 0.15) is 43.0 Å². The van der Waals surface area contributed by atoms with E-state index in [1.165, 1.54) is 37.6 Å². The molecule has 0 aliphatic carbocycles. The van der Waals surface area contributed by atoms with Crippen LogP contribution in [0.15, 0.2) is 58.5 Å². The first-order valence-electron chi connectivity index (χ1n) is 13.1. The zero-order valence-corrected chi connectivity index (χ0v) is 24.3. The van der Waals surface area contributed by atoms with Crippen LogP contribution in [0.3, 0.4) is 0 Å². The maximum absolute atomic E-state index is 13.3. The van der Waals surface area contributed by atoms with Gasteiger partial charge in [0.2, 0.25) is 6.29 Å². The minimum absolute atomic E-state index is 0.107. The molecule has 1 heterocycles. The Kier molecular flexibility index (Phi) is 12.3. The fourth-order valence-corrected chi connectivity index (χ4v) is 4.33. The third kappa shape index (κ3) is 9.36. The summed E-state index contributed by atoms with van der Waals surface area (Å²) in [5, 5.41) is 0. The van der Waals surface area contributed by atoms with Gasteiger partial charge in [-0.1, -0.05) is 0 Å². The van der Waals surface area contributed by atoms with Gasteiger partial charge >= 0.3 is 12.5 Å². The van der Waals surface area contributed by atoms with Crippen LogP contribution < -0.4 is 15.4 Å². The Bertz CT molecular complexity index is 1230. The van der Waals surface area contributed by atoms with Crippen LogP contribution in [0.5, 0.6) is 5.75 Å². The van der Waals surface area contributed by atoms with Crippen molar-refractivity contribution in [3.8, 4) is 5.75 Å². The number of hydrogen-bond acceptors (Lipinski definition) is 9. The normalized spacial score (nSPS) is 22.9. The summed E-state index contributed by atoms with van der Waals surface area (Å²) in [6.07, 6.45) is -7.61. The predicted octanol–water partition coefficient (Wildman–Crippen LogP) is 4.38. The van der Waals surface area contributed by atoms with E-state index < -0.39 is 43.2 Å². The molecule has 1 aliphatic heterocycles. The summed E-state index contributed by atoms with van der Waals surface area (Å²) in [5.41, 5.74) is 7.35. The Morgan fingerprint density at radius 1 is 1.02 bits per heavy atom. The number of ether oxygens (including phenoxy) is 7. The third-order valence-corrected chi connectivity index (χ3v) is 6.27. The number of carbonyl (C=O) groups excluding carboxylic acids is 1. The van der Waals surface area contributed by atoms with Crippen molar-refractivity contribution in [1.82, 2.24) is 0 Å². The summed E-state index contributed by atoms with van der Waals surface area (Å²) in [7, 11) is 4.44. The van der Waals surface area contributed by atoms with Crippen molar-refractivity contribution in [3.63, 3.8) is 0 Å². The monoisotopic (exact) mass is 612 g/mol. The molecular formula is C28H35F3N4O8. The number of amidine groups is 1. The molecule has 12 nitrogen and oxygen atoms in total. The van der Waals surface area contributed by atoms with Gasteiger partial charge in [0.15, 0.2) is 0 Å². The highest BCUT2D eigenvalue weighted by Gasteiger charge is 2.48. The number of halogens is 3. The van der Waals surface area contributed by atoms with Crippen LogP contribution in [-0.2, 0) is 28.4 Å². The van der Waals surface area contributed by atoms with E-state index in [1.807, 2.05) is 6.92 Å². The first kappa shape index (κ1) is 33.7. The van der Waals surface area contributed by atoms with Crippen molar-refractivity contribution >= 4 is 29.6 Å². The predicted molar refractivity (Wildman–Crippen MR) is 151 cm³/mol. The van der Waals surface area contributed by atoms with E-state index in [2.05, 4.69) is 14.7 Å². The van der Waals surface area contributed by atoms with Crippen LogP contribution in [0, 0.1) is 0 Å². The maximum Gasteiger partial charge on any atom is 0.573 e. The Hall–Kier alpha value is -3.76. The summed E-state index contributed by atoms with van der Waals surface area (Å²) in [6.45, 7) is 3.90. The molecule has 1 fully saturated rings. The fraction of sp³-hybridized carbons (Fsp3) is 0.464. The van der Waals surface area contributed by atoms with E-state index in [0.29, 0.717) is 23.5 Å². The molecule has 3 unspecified atom stereocenters. The summed E-state index contributed by atoms with van der Waals surface area (Å²) >= 11 is 0. The molecule has 0 aromatic heterocycles. The second-order valence-corrected chi connectivity index (χ2v) is 9.11. The molecule has 15 heteroatoms. The molecule has 2 N–H and O–H groups in total. The van der Waals surface area contributed by atoms with Crippen molar-refractivity contribution in [3.05, 3.63) is 54.1 Å². The van der Waals surface area contributed by atoms with Crippen LogP contribution in [0.2, 0.25) is 0 Å². The number of benzene rings is 2. The van der Waals surface area contributed by atoms with Crippen molar-refractivity contribution in [2.45, 2.75) is 50.9 Å². The quantitative estimate of drug-likeness (QED) is 0.210. The lowest BCUT2D eigenvalue weighted by molar-refractivity contribution is -0.292. The summed E-state index contributed by atoms with van der Waals surface area (Å²) in [5.74, 6) is -0.259. The number of carbonyl (C=O) groups is 1. The van der Waals surface area contributed by atoms with Gasteiger partial charge in [-0.05, 0) is 62.4 Å². The second-order valence-electron chi connectivity index (χ2n) is 9.11. The molecule has 5 atom stereocenters. The van der Waals surface area contributed by atoms with Gasteiger partial charge < -0.3 is 38.9 Å². The van der Waals surface area contributed by atoms with Gasteiger partial charge in [0.05, 0.1) is 11.8 Å². The van der Waals surface area contributed by atoms with Crippen molar-refractivity contribution in [2.75, 3.05) is 39.6 Å². The minimum atomic E-state index is -4.78. The lowest BCUT2D eigenvalue weighted by Crippen LogP contribution is -2.60. The van der Waals surface area contributed by atoms with Gasteiger partial charge in [-0.15, -0.1) is 13.2 Å².